The lowest BCUT2D eigenvalue weighted by Crippen LogP contribution is -2.07. The van der Waals surface area contributed by atoms with Crippen molar-refractivity contribution in [3.8, 4) is 0 Å². The smallest absolute Gasteiger partial charge is 0.319 e. The second-order valence-electron chi connectivity index (χ2n) is 4.46. The van der Waals surface area contributed by atoms with Crippen LogP contribution in [0.25, 0.3) is 10.2 Å². The number of hydrogen-bond acceptors (Lipinski definition) is 6. The molecule has 3 rings (SSSR count). The largest absolute Gasteiger partial charge is 0.379 e. The zero-order chi connectivity index (χ0) is 14.7. The molecule has 0 unspecified atom stereocenters. The summed E-state index contributed by atoms with van der Waals surface area (Å²) in [7, 11) is 0. The summed E-state index contributed by atoms with van der Waals surface area (Å²) >= 11 is 1.40. The topological polar surface area (TPSA) is 81.0 Å². The number of nitro groups is 1. The molecule has 0 aliphatic rings. The Morgan fingerprint density at radius 2 is 2.24 bits per heavy atom. The van der Waals surface area contributed by atoms with Gasteiger partial charge in [-0.15, -0.1) is 11.3 Å². The summed E-state index contributed by atoms with van der Waals surface area (Å²) in [5, 5.41) is 14.4. The highest BCUT2D eigenvalue weighted by Gasteiger charge is 2.20. The number of rotatable bonds is 5. The SMILES string of the molecule is O=[N+]([O-])c1c(NCCc2cccnc2)ccc2scnc12. The van der Waals surface area contributed by atoms with Crippen molar-refractivity contribution in [3.05, 3.63) is 57.8 Å². The first-order valence-corrected chi connectivity index (χ1v) is 7.27. The predicted molar refractivity (Wildman–Crippen MR) is 82.7 cm³/mol. The van der Waals surface area contributed by atoms with Gasteiger partial charge in [-0.25, -0.2) is 4.98 Å². The van der Waals surface area contributed by atoms with Crippen LogP contribution in [-0.4, -0.2) is 21.4 Å². The summed E-state index contributed by atoms with van der Waals surface area (Å²) in [6.07, 6.45) is 4.26. The van der Waals surface area contributed by atoms with Crippen LogP contribution >= 0.6 is 11.3 Å². The highest BCUT2D eigenvalue weighted by Crippen LogP contribution is 2.34. The van der Waals surface area contributed by atoms with Crippen LogP contribution in [0.1, 0.15) is 5.56 Å². The van der Waals surface area contributed by atoms with E-state index in [0.29, 0.717) is 17.7 Å². The van der Waals surface area contributed by atoms with Gasteiger partial charge in [0.2, 0.25) is 0 Å². The molecule has 0 amide bonds. The summed E-state index contributed by atoms with van der Waals surface area (Å²) in [6, 6.07) is 7.44. The van der Waals surface area contributed by atoms with Gasteiger partial charge in [-0.3, -0.25) is 15.1 Å². The van der Waals surface area contributed by atoms with Gasteiger partial charge in [-0.1, -0.05) is 6.07 Å². The lowest BCUT2D eigenvalue weighted by molar-refractivity contribution is -0.382. The molecule has 1 aromatic carbocycles. The molecule has 0 radical (unpaired) electrons. The van der Waals surface area contributed by atoms with Gasteiger partial charge in [-0.05, 0) is 30.2 Å². The molecular weight excluding hydrogens is 288 g/mol. The average Bonchev–Trinajstić information content (AvgIpc) is 2.96. The summed E-state index contributed by atoms with van der Waals surface area (Å²) in [5.41, 5.74) is 3.69. The molecule has 21 heavy (non-hydrogen) atoms. The number of aromatic nitrogens is 2. The fourth-order valence-electron chi connectivity index (χ4n) is 2.13. The molecule has 0 saturated carbocycles. The molecule has 0 bridgehead atoms. The van der Waals surface area contributed by atoms with Crippen LogP contribution in [-0.2, 0) is 6.42 Å². The third-order valence-electron chi connectivity index (χ3n) is 3.11. The van der Waals surface area contributed by atoms with E-state index in [9.17, 15) is 10.1 Å². The van der Waals surface area contributed by atoms with Crippen LogP contribution in [0.4, 0.5) is 11.4 Å². The monoisotopic (exact) mass is 300 g/mol. The number of thiazole rings is 1. The molecule has 0 atom stereocenters. The van der Waals surface area contributed by atoms with Crippen molar-refractivity contribution in [3.63, 3.8) is 0 Å². The lowest BCUT2D eigenvalue weighted by atomic mass is 10.2. The molecule has 106 valence electrons. The van der Waals surface area contributed by atoms with Crippen LogP contribution in [0.2, 0.25) is 0 Å². The third-order valence-corrected chi connectivity index (χ3v) is 3.90. The molecule has 3 aromatic rings. The zero-order valence-electron chi connectivity index (χ0n) is 11.0. The highest BCUT2D eigenvalue weighted by atomic mass is 32.1. The second kappa shape index (κ2) is 5.84. The van der Waals surface area contributed by atoms with Crippen molar-refractivity contribution >= 4 is 32.9 Å². The van der Waals surface area contributed by atoms with Crippen molar-refractivity contribution in [2.45, 2.75) is 6.42 Å². The van der Waals surface area contributed by atoms with Gasteiger partial charge in [0, 0.05) is 18.9 Å². The van der Waals surface area contributed by atoms with E-state index in [-0.39, 0.29) is 10.6 Å². The number of anilines is 1. The minimum absolute atomic E-state index is 0.0416. The Balaban J connectivity index is 1.80. The van der Waals surface area contributed by atoms with E-state index >= 15 is 0 Å². The fourth-order valence-corrected chi connectivity index (χ4v) is 2.81. The number of hydrogen-bond donors (Lipinski definition) is 1. The Morgan fingerprint density at radius 1 is 1.33 bits per heavy atom. The molecule has 2 aromatic heterocycles. The Hall–Kier alpha value is -2.54. The van der Waals surface area contributed by atoms with E-state index in [0.717, 1.165) is 16.7 Å². The number of nitrogens with zero attached hydrogens (tertiary/aromatic N) is 3. The van der Waals surface area contributed by atoms with Gasteiger partial charge in [0.1, 0.15) is 5.69 Å². The Kier molecular flexibility index (Phi) is 3.74. The molecular formula is C14H12N4O2S. The third kappa shape index (κ3) is 2.82. The highest BCUT2D eigenvalue weighted by molar-refractivity contribution is 7.16. The van der Waals surface area contributed by atoms with Crippen LogP contribution in [0, 0.1) is 10.1 Å². The van der Waals surface area contributed by atoms with Crippen molar-refractivity contribution in [2.75, 3.05) is 11.9 Å². The minimum Gasteiger partial charge on any atom is -0.379 e. The van der Waals surface area contributed by atoms with Crippen LogP contribution in [0.15, 0.2) is 42.2 Å². The maximum atomic E-state index is 11.3. The van der Waals surface area contributed by atoms with Gasteiger partial charge in [0.15, 0.2) is 5.52 Å². The molecule has 7 heteroatoms. The molecule has 0 aliphatic heterocycles. The van der Waals surface area contributed by atoms with E-state index in [1.54, 1.807) is 24.0 Å². The normalized spacial score (nSPS) is 10.7. The predicted octanol–water partition coefficient (Wildman–Crippen LogP) is 3.25. The van der Waals surface area contributed by atoms with E-state index in [2.05, 4.69) is 15.3 Å². The first-order valence-electron chi connectivity index (χ1n) is 6.39. The maximum Gasteiger partial charge on any atom is 0.319 e. The maximum absolute atomic E-state index is 11.3. The molecule has 0 aliphatic carbocycles. The molecule has 2 heterocycles. The van der Waals surface area contributed by atoms with Crippen molar-refractivity contribution in [1.29, 1.82) is 0 Å². The zero-order valence-corrected chi connectivity index (χ0v) is 11.8. The average molecular weight is 300 g/mol. The first kappa shape index (κ1) is 13.4. The van der Waals surface area contributed by atoms with E-state index in [4.69, 9.17) is 0 Å². The molecule has 0 fully saturated rings. The Bertz CT molecular complexity index is 773. The second-order valence-corrected chi connectivity index (χ2v) is 5.34. The van der Waals surface area contributed by atoms with E-state index < -0.39 is 0 Å². The molecule has 0 saturated heterocycles. The summed E-state index contributed by atoms with van der Waals surface area (Å²) in [5.74, 6) is 0. The molecule has 0 spiro atoms. The van der Waals surface area contributed by atoms with Crippen LogP contribution in [0.3, 0.4) is 0 Å². The van der Waals surface area contributed by atoms with Gasteiger partial charge >= 0.3 is 5.69 Å². The van der Waals surface area contributed by atoms with Gasteiger partial charge in [0.05, 0.1) is 15.1 Å². The summed E-state index contributed by atoms with van der Waals surface area (Å²) in [6.45, 7) is 0.599. The Morgan fingerprint density at radius 3 is 3.00 bits per heavy atom. The quantitative estimate of drug-likeness (QED) is 0.578. The number of benzene rings is 1. The molecule has 6 nitrogen and oxygen atoms in total. The van der Waals surface area contributed by atoms with Crippen molar-refractivity contribution in [2.24, 2.45) is 0 Å². The van der Waals surface area contributed by atoms with Crippen molar-refractivity contribution in [1.82, 2.24) is 9.97 Å². The van der Waals surface area contributed by atoms with Crippen LogP contribution in [0.5, 0.6) is 0 Å². The van der Waals surface area contributed by atoms with Gasteiger partial charge < -0.3 is 5.32 Å². The number of nitrogens with one attached hydrogen (secondary N) is 1. The minimum atomic E-state index is -0.380. The van der Waals surface area contributed by atoms with Gasteiger partial charge in [0.25, 0.3) is 0 Å². The number of pyridine rings is 1. The number of nitro benzene ring substituents is 1. The van der Waals surface area contributed by atoms with Crippen LogP contribution < -0.4 is 5.32 Å². The summed E-state index contributed by atoms with van der Waals surface area (Å²) in [4.78, 5) is 19.0. The Labute approximate surface area is 124 Å². The summed E-state index contributed by atoms with van der Waals surface area (Å²) < 4.78 is 0.819. The standard InChI is InChI=1S/C14H12N4O2S/c19-18(20)14-11(3-4-12-13(14)17-9-21-12)16-7-5-10-2-1-6-15-8-10/h1-4,6,8-9,16H,5,7H2. The van der Waals surface area contributed by atoms with E-state index in [1.165, 1.54) is 11.3 Å². The van der Waals surface area contributed by atoms with E-state index in [1.807, 2.05) is 18.2 Å². The van der Waals surface area contributed by atoms with Gasteiger partial charge in [-0.2, -0.15) is 0 Å². The lowest BCUT2D eigenvalue weighted by Gasteiger charge is -2.07. The number of fused-ring (bicyclic) bond motifs is 1. The van der Waals surface area contributed by atoms with Crippen molar-refractivity contribution < 1.29 is 4.92 Å². The first-order chi connectivity index (χ1) is 10.3. The fraction of sp³-hybridized carbons (Fsp3) is 0.143. The molecule has 1 N–H and O–H groups in total.